The zero-order valence-corrected chi connectivity index (χ0v) is 13.6. The number of carbonyl (C=O) groups is 1. The lowest BCUT2D eigenvalue weighted by molar-refractivity contribution is 0.112. The Balaban J connectivity index is 2.31. The topological polar surface area (TPSA) is 79.9 Å². The van der Waals surface area contributed by atoms with Crippen molar-refractivity contribution in [2.45, 2.75) is 4.90 Å². The molecule has 2 aromatic carbocycles. The van der Waals surface area contributed by atoms with E-state index in [-0.39, 0.29) is 27.3 Å². The molecule has 3 rings (SSSR count). The van der Waals surface area contributed by atoms with E-state index < -0.39 is 15.8 Å². The summed E-state index contributed by atoms with van der Waals surface area (Å²) in [5, 5.41) is 9.17. The molecule has 0 saturated carbocycles. The van der Waals surface area contributed by atoms with Crippen LogP contribution in [0.1, 0.15) is 15.9 Å². The maximum atomic E-state index is 14.2. The van der Waals surface area contributed by atoms with Crippen molar-refractivity contribution in [2.24, 2.45) is 0 Å². The number of halogens is 1. The molecule has 5 nitrogen and oxygen atoms in total. The highest BCUT2D eigenvalue weighted by Gasteiger charge is 2.25. The summed E-state index contributed by atoms with van der Waals surface area (Å²) in [6.45, 7) is 0. The normalized spacial score (nSPS) is 11.0. The van der Waals surface area contributed by atoms with E-state index in [2.05, 4.69) is 0 Å². The second kappa shape index (κ2) is 6.34. The second-order valence-electron chi connectivity index (χ2n) is 5.17. The van der Waals surface area contributed by atoms with Gasteiger partial charge < -0.3 is 0 Å². The number of hydrogen-bond acceptors (Lipinski definition) is 4. The van der Waals surface area contributed by atoms with Gasteiger partial charge in [0.2, 0.25) is 0 Å². The van der Waals surface area contributed by atoms with Gasteiger partial charge in [-0.2, -0.15) is 5.26 Å². The Hall–Kier alpha value is -3.24. The molecular formula is C18H11FN2O3S. The van der Waals surface area contributed by atoms with Crippen LogP contribution in [0.5, 0.6) is 0 Å². The number of benzene rings is 2. The van der Waals surface area contributed by atoms with Crippen molar-refractivity contribution >= 4 is 16.3 Å². The zero-order valence-electron chi connectivity index (χ0n) is 12.8. The van der Waals surface area contributed by atoms with Gasteiger partial charge in [0.15, 0.2) is 6.29 Å². The minimum absolute atomic E-state index is 0.00735. The molecule has 0 radical (unpaired) electrons. The van der Waals surface area contributed by atoms with Gasteiger partial charge in [-0.3, -0.25) is 4.79 Å². The molecule has 25 heavy (non-hydrogen) atoms. The first kappa shape index (κ1) is 16.6. The third kappa shape index (κ3) is 2.84. The molecule has 0 aliphatic carbocycles. The predicted octanol–water partition coefficient (Wildman–Crippen LogP) is 3.22. The first-order valence-corrected chi connectivity index (χ1v) is 8.60. The summed E-state index contributed by atoms with van der Waals surface area (Å²) in [5.41, 5.74) is 0.0844. The van der Waals surface area contributed by atoms with Gasteiger partial charge in [0.05, 0.1) is 11.3 Å². The van der Waals surface area contributed by atoms with E-state index in [9.17, 15) is 22.9 Å². The van der Waals surface area contributed by atoms with Crippen LogP contribution in [0, 0.1) is 17.1 Å². The van der Waals surface area contributed by atoms with Gasteiger partial charge in [0.1, 0.15) is 16.8 Å². The van der Waals surface area contributed by atoms with Crippen molar-refractivity contribution in [2.75, 3.05) is 0 Å². The third-order valence-electron chi connectivity index (χ3n) is 3.64. The minimum Gasteiger partial charge on any atom is -0.298 e. The van der Waals surface area contributed by atoms with E-state index >= 15 is 0 Å². The Labute approximate surface area is 143 Å². The molecule has 0 fully saturated rings. The number of aldehydes is 1. The molecule has 3 aromatic rings. The largest absolute Gasteiger partial charge is 0.298 e. The monoisotopic (exact) mass is 354 g/mol. The van der Waals surface area contributed by atoms with E-state index in [1.165, 1.54) is 42.5 Å². The zero-order chi connectivity index (χ0) is 18.0. The number of aromatic nitrogens is 1. The highest BCUT2D eigenvalue weighted by atomic mass is 32.2. The van der Waals surface area contributed by atoms with Gasteiger partial charge >= 0.3 is 0 Å². The minimum atomic E-state index is -4.20. The average Bonchev–Trinajstić information content (AvgIpc) is 3.07. The molecule has 0 saturated heterocycles. The molecule has 0 atom stereocenters. The molecule has 1 aromatic heterocycles. The smallest absolute Gasteiger partial charge is 0.269 e. The Bertz CT molecular complexity index is 1110. The van der Waals surface area contributed by atoms with Gasteiger partial charge in [-0.25, -0.2) is 16.8 Å². The molecule has 0 aliphatic heterocycles. The predicted molar refractivity (Wildman–Crippen MR) is 89.0 cm³/mol. The second-order valence-corrected chi connectivity index (χ2v) is 6.95. The number of carbonyl (C=O) groups excluding carboxylic acids is 1. The van der Waals surface area contributed by atoms with Crippen molar-refractivity contribution in [1.29, 1.82) is 5.26 Å². The maximum Gasteiger partial charge on any atom is 0.269 e. The van der Waals surface area contributed by atoms with Crippen LogP contribution in [0.25, 0.3) is 11.3 Å². The van der Waals surface area contributed by atoms with Gasteiger partial charge in [0, 0.05) is 17.3 Å². The summed E-state index contributed by atoms with van der Waals surface area (Å²) >= 11 is 0. The summed E-state index contributed by atoms with van der Waals surface area (Å²) in [7, 11) is -4.20. The standard InChI is InChI=1S/C18H11FN2O3S/c19-16-7-3-2-6-15(16)17-9-13(12-22)11-21(17)25(23,24)18-8-4-1-5-14(18)10-20/h1-9,11-12H. The van der Waals surface area contributed by atoms with Crippen LogP contribution >= 0.6 is 0 Å². The van der Waals surface area contributed by atoms with Crippen LogP contribution in [-0.4, -0.2) is 18.7 Å². The highest BCUT2D eigenvalue weighted by molar-refractivity contribution is 7.90. The molecule has 1 heterocycles. The molecular weight excluding hydrogens is 343 g/mol. The van der Waals surface area contributed by atoms with Gasteiger partial charge in [0.25, 0.3) is 10.0 Å². The van der Waals surface area contributed by atoms with E-state index in [0.29, 0.717) is 6.29 Å². The molecule has 7 heteroatoms. The van der Waals surface area contributed by atoms with E-state index in [1.807, 2.05) is 6.07 Å². The summed E-state index contributed by atoms with van der Waals surface area (Å²) in [5.74, 6) is -0.622. The summed E-state index contributed by atoms with van der Waals surface area (Å²) in [6, 6.07) is 14.5. The van der Waals surface area contributed by atoms with Crippen LogP contribution in [0.4, 0.5) is 4.39 Å². The van der Waals surface area contributed by atoms with Gasteiger partial charge in [-0.05, 0) is 30.3 Å². The number of hydrogen-bond donors (Lipinski definition) is 0. The fraction of sp³-hybridized carbons (Fsp3) is 0. The lowest BCUT2D eigenvalue weighted by Crippen LogP contribution is -2.15. The molecule has 0 N–H and O–H groups in total. The van der Waals surface area contributed by atoms with Crippen molar-refractivity contribution in [1.82, 2.24) is 3.97 Å². The van der Waals surface area contributed by atoms with Crippen LogP contribution in [0.15, 0.2) is 65.7 Å². The summed E-state index contributed by atoms with van der Waals surface area (Å²) in [6.07, 6.45) is 1.59. The molecule has 0 unspecified atom stereocenters. The average molecular weight is 354 g/mol. The maximum absolute atomic E-state index is 14.2. The number of nitrogens with zero attached hydrogens (tertiary/aromatic N) is 2. The Kier molecular flexibility index (Phi) is 4.21. The molecule has 0 spiro atoms. The van der Waals surface area contributed by atoms with Crippen LogP contribution in [-0.2, 0) is 10.0 Å². The summed E-state index contributed by atoms with van der Waals surface area (Å²) < 4.78 is 41.0. The lowest BCUT2D eigenvalue weighted by atomic mass is 10.1. The highest BCUT2D eigenvalue weighted by Crippen LogP contribution is 2.29. The Morgan fingerprint density at radius 3 is 2.44 bits per heavy atom. The first-order chi connectivity index (χ1) is 12.0. The number of nitriles is 1. The Morgan fingerprint density at radius 2 is 1.76 bits per heavy atom. The van der Waals surface area contributed by atoms with E-state index in [4.69, 9.17) is 0 Å². The SMILES string of the molecule is N#Cc1ccccc1S(=O)(=O)n1cc(C=O)cc1-c1ccccc1F. The van der Waals surface area contributed by atoms with Crippen molar-refractivity contribution in [3.8, 4) is 17.3 Å². The van der Waals surface area contributed by atoms with Crippen LogP contribution < -0.4 is 0 Å². The van der Waals surface area contributed by atoms with Crippen LogP contribution in [0.2, 0.25) is 0 Å². The molecule has 124 valence electrons. The third-order valence-corrected chi connectivity index (χ3v) is 5.37. The quantitative estimate of drug-likeness (QED) is 0.674. The molecule has 0 amide bonds. The molecule has 0 aliphatic rings. The van der Waals surface area contributed by atoms with E-state index in [1.54, 1.807) is 12.1 Å². The first-order valence-electron chi connectivity index (χ1n) is 7.16. The van der Waals surface area contributed by atoms with E-state index in [0.717, 1.165) is 10.2 Å². The van der Waals surface area contributed by atoms with Gasteiger partial charge in [-0.15, -0.1) is 0 Å². The fourth-order valence-electron chi connectivity index (χ4n) is 2.48. The Morgan fingerprint density at radius 1 is 1.08 bits per heavy atom. The van der Waals surface area contributed by atoms with Crippen LogP contribution in [0.3, 0.4) is 0 Å². The fourth-order valence-corrected chi connectivity index (χ4v) is 4.01. The number of rotatable bonds is 4. The molecule has 0 bridgehead atoms. The van der Waals surface area contributed by atoms with Crippen molar-refractivity contribution < 1.29 is 17.6 Å². The van der Waals surface area contributed by atoms with Crippen molar-refractivity contribution in [3.05, 3.63) is 77.7 Å². The lowest BCUT2D eigenvalue weighted by Gasteiger charge is -2.12. The van der Waals surface area contributed by atoms with Crippen molar-refractivity contribution in [3.63, 3.8) is 0 Å². The van der Waals surface area contributed by atoms with Gasteiger partial charge in [-0.1, -0.05) is 24.3 Å². The summed E-state index contributed by atoms with van der Waals surface area (Å²) in [4.78, 5) is 10.9.